The molecule has 0 unspecified atom stereocenters. The van der Waals surface area contributed by atoms with E-state index in [1.807, 2.05) is 13.8 Å². The van der Waals surface area contributed by atoms with Gasteiger partial charge in [0.2, 0.25) is 29.5 Å². The first-order valence-corrected chi connectivity index (χ1v) is 16.8. The second-order valence-corrected chi connectivity index (χ2v) is 13.8. The Morgan fingerprint density at radius 3 is 1.96 bits per heavy atom. The van der Waals surface area contributed by atoms with Gasteiger partial charge in [0.15, 0.2) is 0 Å². The van der Waals surface area contributed by atoms with E-state index in [1.165, 1.54) is 0 Å². The zero-order valence-electron chi connectivity index (χ0n) is 26.5. The normalized spacial score (nSPS) is 23.7. The van der Waals surface area contributed by atoms with Crippen molar-refractivity contribution in [2.24, 2.45) is 11.8 Å². The minimum atomic E-state index is -4.89. The van der Waals surface area contributed by atoms with E-state index in [0.29, 0.717) is 5.56 Å². The molecule has 17 heteroatoms. The highest BCUT2D eigenvalue weighted by Gasteiger charge is 2.37. The fourth-order valence-electron chi connectivity index (χ4n) is 5.23. The molecule has 5 amide bonds. The average molecular weight is 679 g/mol. The molecule has 3 rings (SSSR count). The lowest BCUT2D eigenvalue weighted by Gasteiger charge is -2.28. The highest BCUT2D eigenvalue weighted by molar-refractivity contribution is 7.85. The smallest absolute Gasteiger partial charge is 0.303 e. The van der Waals surface area contributed by atoms with Crippen molar-refractivity contribution < 1.29 is 46.8 Å². The SMILES string of the molecule is CC(C)C[C@@H]1NC(=O)[C@@H](C(C)C)NC(=O)[C@H](CCC(=O)O)NC(=O)[C@@H](CS(=O)(=O)O)NC(=O)[C@@H](Cc2c[nH]c3ccccc23)NC1=O. The van der Waals surface area contributed by atoms with Crippen molar-refractivity contribution in [3.05, 3.63) is 36.0 Å². The molecule has 1 fully saturated rings. The number of carboxylic acid groups (broad SMARTS) is 1. The maximum absolute atomic E-state index is 13.8. The van der Waals surface area contributed by atoms with Gasteiger partial charge in [0, 0.05) is 29.9 Å². The van der Waals surface area contributed by atoms with E-state index in [2.05, 4.69) is 31.6 Å². The first-order chi connectivity index (χ1) is 21.9. The second kappa shape index (κ2) is 15.9. The number of aromatic nitrogens is 1. The lowest BCUT2D eigenvalue weighted by Crippen LogP contribution is -2.59. The van der Waals surface area contributed by atoms with Crippen molar-refractivity contribution in [2.45, 2.75) is 83.6 Å². The van der Waals surface area contributed by atoms with Gasteiger partial charge in [-0.15, -0.1) is 0 Å². The quantitative estimate of drug-likeness (QED) is 0.151. The number of amides is 5. The molecular formula is C30H42N6O10S. The molecule has 0 radical (unpaired) electrons. The number of carbonyl (C=O) groups excluding carboxylic acids is 5. The number of fused-ring (bicyclic) bond motifs is 1. The van der Waals surface area contributed by atoms with Gasteiger partial charge in [-0.1, -0.05) is 45.9 Å². The van der Waals surface area contributed by atoms with Gasteiger partial charge in [-0.3, -0.25) is 33.3 Å². The van der Waals surface area contributed by atoms with Crippen molar-refractivity contribution in [1.82, 2.24) is 31.6 Å². The number of hydrogen-bond acceptors (Lipinski definition) is 8. The molecule has 1 aromatic heterocycles. The van der Waals surface area contributed by atoms with Crippen molar-refractivity contribution >= 4 is 56.5 Å². The Labute approximate surface area is 271 Å². The molecule has 1 aromatic carbocycles. The van der Waals surface area contributed by atoms with Gasteiger partial charge in [0.1, 0.15) is 36.0 Å². The number of aromatic amines is 1. The summed E-state index contributed by atoms with van der Waals surface area (Å²) in [6, 6.07) is -0.172. The Morgan fingerprint density at radius 2 is 1.34 bits per heavy atom. The number of nitrogens with one attached hydrogen (secondary N) is 6. The van der Waals surface area contributed by atoms with E-state index in [4.69, 9.17) is 0 Å². The third-order valence-electron chi connectivity index (χ3n) is 7.61. The molecule has 0 saturated carbocycles. The summed E-state index contributed by atoms with van der Waals surface area (Å²) in [5.74, 6) is -7.88. The highest BCUT2D eigenvalue weighted by Crippen LogP contribution is 2.20. The van der Waals surface area contributed by atoms with Gasteiger partial charge in [0.05, 0.1) is 0 Å². The van der Waals surface area contributed by atoms with E-state index in [0.717, 1.165) is 10.9 Å². The molecule has 8 N–H and O–H groups in total. The van der Waals surface area contributed by atoms with Crippen LogP contribution in [0.15, 0.2) is 30.5 Å². The zero-order chi connectivity index (χ0) is 35.1. The van der Waals surface area contributed by atoms with Gasteiger partial charge in [-0.2, -0.15) is 8.42 Å². The summed E-state index contributed by atoms with van der Waals surface area (Å²) in [5, 5.41) is 22.3. The van der Waals surface area contributed by atoms with Crippen LogP contribution in [-0.4, -0.2) is 94.5 Å². The summed E-state index contributed by atoms with van der Waals surface area (Å²) in [6.07, 6.45) is 0.607. The number of H-pyrrole nitrogens is 1. The third-order valence-corrected chi connectivity index (χ3v) is 8.36. The number of rotatable bonds is 10. The summed E-state index contributed by atoms with van der Waals surface area (Å²) in [6.45, 7) is 6.89. The summed E-state index contributed by atoms with van der Waals surface area (Å²) < 4.78 is 33.5. The molecule has 0 spiro atoms. The minimum absolute atomic E-state index is 0.109. The van der Waals surface area contributed by atoms with Crippen molar-refractivity contribution in [2.75, 3.05) is 5.75 Å². The molecule has 0 aliphatic carbocycles. The average Bonchev–Trinajstić information content (AvgIpc) is 3.37. The van der Waals surface area contributed by atoms with Gasteiger partial charge < -0.3 is 36.7 Å². The Hall–Kier alpha value is -4.51. The molecule has 258 valence electrons. The maximum atomic E-state index is 13.8. The van der Waals surface area contributed by atoms with Crippen LogP contribution in [0.3, 0.4) is 0 Å². The number of aliphatic carboxylic acids is 1. The van der Waals surface area contributed by atoms with Crippen LogP contribution in [0.25, 0.3) is 10.9 Å². The van der Waals surface area contributed by atoms with E-state index >= 15 is 0 Å². The van der Waals surface area contributed by atoms with Crippen LogP contribution in [-0.2, 0) is 45.3 Å². The minimum Gasteiger partial charge on any atom is -0.481 e. The molecule has 16 nitrogen and oxygen atoms in total. The van der Waals surface area contributed by atoms with Gasteiger partial charge in [-0.05, 0) is 36.3 Å². The summed E-state index contributed by atoms with van der Waals surface area (Å²) in [5.41, 5.74) is 1.34. The monoisotopic (exact) mass is 678 g/mol. The lowest BCUT2D eigenvalue weighted by molar-refractivity contribution is -0.138. The van der Waals surface area contributed by atoms with Crippen LogP contribution in [0.4, 0.5) is 0 Å². The topological polar surface area (TPSA) is 253 Å². The Bertz CT molecular complexity index is 1600. The van der Waals surface area contributed by atoms with Gasteiger partial charge >= 0.3 is 5.97 Å². The van der Waals surface area contributed by atoms with Crippen molar-refractivity contribution in [3.63, 3.8) is 0 Å². The number of para-hydroxylation sites is 1. The second-order valence-electron chi connectivity index (χ2n) is 12.3. The summed E-state index contributed by atoms with van der Waals surface area (Å²) in [4.78, 5) is 82.1. The zero-order valence-corrected chi connectivity index (χ0v) is 27.3. The van der Waals surface area contributed by atoms with Crippen LogP contribution in [0, 0.1) is 11.8 Å². The maximum Gasteiger partial charge on any atom is 0.303 e. The Kier molecular flexibility index (Phi) is 12.5. The molecule has 1 aliphatic rings. The third kappa shape index (κ3) is 10.8. The molecule has 1 aliphatic heterocycles. The molecule has 47 heavy (non-hydrogen) atoms. The fourth-order valence-corrected chi connectivity index (χ4v) is 5.89. The first kappa shape index (κ1) is 37.0. The van der Waals surface area contributed by atoms with E-state index < -0.39 is 100 Å². The van der Waals surface area contributed by atoms with Crippen molar-refractivity contribution in [1.29, 1.82) is 0 Å². The highest BCUT2D eigenvalue weighted by atomic mass is 32.2. The standard InChI is InChI=1S/C30H42N6O10S/c1-15(2)11-21-27(40)33-22(12-17-13-31-19-8-6-5-7-18(17)19)28(41)35-23(14-47(44,45)46)29(42)32-20(9-10-24(37)38)26(39)36-25(16(3)4)30(43)34-21/h5-8,13,15-16,20-23,25,31H,9-12,14H2,1-4H3,(H,32,42)(H,33,40)(H,34,43)(H,35,41)(H,36,39)(H,37,38)(H,44,45,46)/t20-,21-,22+,23+,25+/m0/s1. The predicted octanol–water partition coefficient (Wildman–Crippen LogP) is -0.397. The predicted molar refractivity (Wildman–Crippen MR) is 169 cm³/mol. The number of carboxylic acids is 1. The van der Waals surface area contributed by atoms with Gasteiger partial charge in [0.25, 0.3) is 10.1 Å². The van der Waals surface area contributed by atoms with Crippen molar-refractivity contribution in [3.8, 4) is 0 Å². The Morgan fingerprint density at radius 1 is 0.787 bits per heavy atom. The lowest BCUT2D eigenvalue weighted by atomic mass is 9.98. The molecule has 2 aromatic rings. The number of carbonyl (C=O) groups is 6. The van der Waals surface area contributed by atoms with E-state index in [9.17, 15) is 46.8 Å². The first-order valence-electron chi connectivity index (χ1n) is 15.2. The van der Waals surface area contributed by atoms with Crippen LogP contribution in [0.1, 0.15) is 52.5 Å². The van der Waals surface area contributed by atoms with Crippen LogP contribution in [0.2, 0.25) is 0 Å². The molecule has 5 atom stereocenters. The summed E-state index contributed by atoms with van der Waals surface area (Å²) in [7, 11) is -4.89. The summed E-state index contributed by atoms with van der Waals surface area (Å²) >= 11 is 0. The van der Waals surface area contributed by atoms with E-state index in [-0.39, 0.29) is 18.8 Å². The van der Waals surface area contributed by atoms with E-state index in [1.54, 1.807) is 44.3 Å². The van der Waals surface area contributed by atoms with Crippen LogP contribution >= 0.6 is 0 Å². The van der Waals surface area contributed by atoms with Crippen LogP contribution < -0.4 is 26.6 Å². The number of benzene rings is 1. The van der Waals surface area contributed by atoms with Crippen LogP contribution in [0.5, 0.6) is 0 Å². The molecule has 1 saturated heterocycles. The molecular weight excluding hydrogens is 636 g/mol. The largest absolute Gasteiger partial charge is 0.481 e. The molecule has 2 heterocycles. The molecule has 0 bridgehead atoms. The fraction of sp³-hybridized carbons (Fsp3) is 0.533. The Balaban J connectivity index is 2.12. The van der Waals surface area contributed by atoms with Gasteiger partial charge in [-0.25, -0.2) is 0 Å². The number of hydrogen-bond donors (Lipinski definition) is 8.